The molecular formula is C12H15N5S. The summed E-state index contributed by atoms with van der Waals surface area (Å²) in [6.07, 6.45) is 6.98. The number of hydrogen-bond donors (Lipinski definition) is 2. The Morgan fingerprint density at radius 1 is 1.33 bits per heavy atom. The average Bonchev–Trinajstić information content (AvgIpc) is 2.94. The van der Waals surface area contributed by atoms with E-state index < -0.39 is 0 Å². The highest BCUT2D eigenvalue weighted by Gasteiger charge is 2.25. The largest absolute Gasteiger partial charge is 0.368 e. The van der Waals surface area contributed by atoms with E-state index in [2.05, 4.69) is 20.3 Å². The van der Waals surface area contributed by atoms with Crippen molar-refractivity contribution in [2.45, 2.75) is 31.7 Å². The van der Waals surface area contributed by atoms with Gasteiger partial charge in [0.1, 0.15) is 4.99 Å². The number of hydrogen-bond acceptors (Lipinski definition) is 5. The first kappa shape index (κ1) is 11.7. The van der Waals surface area contributed by atoms with Crippen LogP contribution in [-0.2, 0) is 0 Å². The Bertz CT molecular complexity index is 509. The van der Waals surface area contributed by atoms with Crippen molar-refractivity contribution in [2.24, 2.45) is 20.7 Å². The monoisotopic (exact) mass is 261 g/mol. The van der Waals surface area contributed by atoms with Crippen LogP contribution in [0.15, 0.2) is 26.1 Å². The second-order valence-electron chi connectivity index (χ2n) is 4.73. The number of aliphatic imine (C=N–C) groups is 3. The van der Waals surface area contributed by atoms with Gasteiger partial charge >= 0.3 is 0 Å². The first-order valence-electron chi connectivity index (χ1n) is 6.22. The molecule has 0 bridgehead atoms. The highest BCUT2D eigenvalue weighted by atomic mass is 32.1. The lowest BCUT2D eigenvalue weighted by molar-refractivity contribution is 0.553. The van der Waals surface area contributed by atoms with E-state index in [0.29, 0.717) is 16.9 Å². The van der Waals surface area contributed by atoms with Gasteiger partial charge in [0.15, 0.2) is 5.84 Å². The second kappa shape index (κ2) is 4.70. The van der Waals surface area contributed by atoms with Gasteiger partial charge in [0, 0.05) is 18.8 Å². The minimum atomic E-state index is 0.195. The topological polar surface area (TPSA) is 75.1 Å². The first-order chi connectivity index (χ1) is 8.74. The fraction of sp³-hybridized carbons (Fsp3) is 0.500. The molecule has 3 rings (SSSR count). The van der Waals surface area contributed by atoms with E-state index in [4.69, 9.17) is 18.0 Å². The highest BCUT2D eigenvalue weighted by Crippen LogP contribution is 2.21. The third kappa shape index (κ3) is 2.13. The molecule has 2 heterocycles. The second-order valence-corrected chi connectivity index (χ2v) is 5.12. The summed E-state index contributed by atoms with van der Waals surface area (Å²) in [6, 6.07) is 0.623. The zero-order valence-corrected chi connectivity index (χ0v) is 10.8. The van der Waals surface area contributed by atoms with Gasteiger partial charge in [0.05, 0.1) is 5.57 Å². The van der Waals surface area contributed by atoms with Gasteiger partial charge in [-0.1, -0.05) is 25.1 Å². The third-order valence-corrected chi connectivity index (χ3v) is 3.77. The molecule has 0 aromatic rings. The van der Waals surface area contributed by atoms with Crippen LogP contribution in [0.4, 0.5) is 0 Å². The fourth-order valence-corrected chi connectivity index (χ4v) is 2.86. The molecule has 6 heteroatoms. The predicted octanol–water partition coefficient (Wildman–Crippen LogP) is 0.954. The Morgan fingerprint density at radius 3 is 2.89 bits per heavy atom. The number of nitrogens with one attached hydrogen (secondary N) is 1. The third-order valence-electron chi connectivity index (χ3n) is 3.47. The van der Waals surface area contributed by atoms with Crippen LogP contribution < -0.4 is 11.1 Å². The Kier molecular flexibility index (Phi) is 3.05. The maximum atomic E-state index is 5.56. The Morgan fingerprint density at radius 2 is 2.11 bits per heavy atom. The minimum absolute atomic E-state index is 0.195. The lowest BCUT2D eigenvalue weighted by atomic mass is 10.1. The summed E-state index contributed by atoms with van der Waals surface area (Å²) in [5, 5.41) is 3.54. The fourth-order valence-electron chi connectivity index (χ4n) is 2.54. The van der Waals surface area contributed by atoms with E-state index in [1.807, 2.05) is 6.21 Å². The van der Waals surface area contributed by atoms with Gasteiger partial charge in [-0.25, -0.2) is 9.98 Å². The van der Waals surface area contributed by atoms with Crippen molar-refractivity contribution >= 4 is 35.2 Å². The van der Waals surface area contributed by atoms with Gasteiger partial charge in [0.2, 0.25) is 5.96 Å². The van der Waals surface area contributed by atoms with Crippen LogP contribution in [0.3, 0.4) is 0 Å². The molecule has 5 nitrogen and oxygen atoms in total. The molecule has 1 saturated carbocycles. The molecule has 3 N–H and O–H groups in total. The highest BCUT2D eigenvalue weighted by molar-refractivity contribution is 7.81. The van der Waals surface area contributed by atoms with E-state index in [1.54, 1.807) is 0 Å². The molecule has 0 radical (unpaired) electrons. The van der Waals surface area contributed by atoms with Crippen LogP contribution in [0, 0.1) is 0 Å². The van der Waals surface area contributed by atoms with Crippen LogP contribution >= 0.6 is 12.2 Å². The van der Waals surface area contributed by atoms with E-state index in [1.165, 1.54) is 25.7 Å². The molecule has 1 aliphatic carbocycles. The van der Waals surface area contributed by atoms with Crippen molar-refractivity contribution in [3.63, 3.8) is 0 Å². The molecule has 18 heavy (non-hydrogen) atoms. The van der Waals surface area contributed by atoms with Crippen molar-refractivity contribution in [2.75, 3.05) is 6.54 Å². The molecule has 0 aromatic heterocycles. The van der Waals surface area contributed by atoms with Crippen molar-refractivity contribution in [3.05, 3.63) is 11.1 Å². The van der Waals surface area contributed by atoms with Crippen LogP contribution in [0.2, 0.25) is 0 Å². The van der Waals surface area contributed by atoms with Gasteiger partial charge in [-0.3, -0.25) is 0 Å². The van der Waals surface area contributed by atoms with Gasteiger partial charge < -0.3 is 11.1 Å². The normalized spacial score (nSPS) is 23.4. The van der Waals surface area contributed by atoms with Gasteiger partial charge in [-0.15, -0.1) is 0 Å². The molecule has 0 saturated heterocycles. The summed E-state index contributed by atoms with van der Waals surface area (Å²) in [5.74, 6) is 0.802. The van der Waals surface area contributed by atoms with Crippen molar-refractivity contribution in [1.29, 1.82) is 0 Å². The lowest BCUT2D eigenvalue weighted by Gasteiger charge is -2.13. The number of nitrogens with two attached hydrogens (primary N) is 1. The quantitative estimate of drug-likeness (QED) is 0.743. The minimum Gasteiger partial charge on any atom is -0.368 e. The maximum absolute atomic E-state index is 5.56. The number of guanidine groups is 1. The maximum Gasteiger partial charge on any atom is 0.223 e. The smallest absolute Gasteiger partial charge is 0.223 e. The van der Waals surface area contributed by atoms with Crippen molar-refractivity contribution < 1.29 is 0 Å². The number of amidine groups is 1. The van der Waals surface area contributed by atoms with E-state index in [-0.39, 0.29) is 5.96 Å². The summed E-state index contributed by atoms with van der Waals surface area (Å²) >= 11 is 5.23. The van der Waals surface area contributed by atoms with E-state index >= 15 is 0 Å². The summed E-state index contributed by atoms with van der Waals surface area (Å²) < 4.78 is 0. The molecule has 0 aromatic carbocycles. The van der Waals surface area contributed by atoms with Crippen LogP contribution in [-0.4, -0.2) is 35.6 Å². The molecular weight excluding hydrogens is 246 g/mol. The number of fused-ring (bicyclic) bond motifs is 1. The molecule has 0 spiro atoms. The molecule has 0 atom stereocenters. The van der Waals surface area contributed by atoms with Crippen LogP contribution in [0.1, 0.15) is 25.7 Å². The van der Waals surface area contributed by atoms with Crippen LogP contribution in [0.25, 0.3) is 0 Å². The SMILES string of the molecule is NC1=NC(=S)C2=C(CNC3CCCC3)C=NC2=N1. The molecule has 2 aliphatic heterocycles. The first-order valence-corrected chi connectivity index (χ1v) is 6.63. The zero-order chi connectivity index (χ0) is 12.5. The molecule has 0 amide bonds. The average molecular weight is 261 g/mol. The summed E-state index contributed by atoms with van der Waals surface area (Å²) in [5.41, 5.74) is 7.50. The van der Waals surface area contributed by atoms with Crippen molar-refractivity contribution in [1.82, 2.24) is 5.32 Å². The molecule has 94 valence electrons. The van der Waals surface area contributed by atoms with Crippen LogP contribution in [0.5, 0.6) is 0 Å². The van der Waals surface area contributed by atoms with Gasteiger partial charge in [0.25, 0.3) is 0 Å². The number of thiocarbonyl (C=S) groups is 1. The van der Waals surface area contributed by atoms with Gasteiger partial charge in [-0.2, -0.15) is 4.99 Å². The Balaban J connectivity index is 1.74. The van der Waals surface area contributed by atoms with Gasteiger partial charge in [-0.05, 0) is 18.4 Å². The number of rotatable bonds is 3. The lowest BCUT2D eigenvalue weighted by Crippen LogP contribution is -2.29. The summed E-state index contributed by atoms with van der Waals surface area (Å²) in [4.78, 5) is 12.9. The van der Waals surface area contributed by atoms with E-state index in [9.17, 15) is 0 Å². The van der Waals surface area contributed by atoms with Crippen molar-refractivity contribution in [3.8, 4) is 0 Å². The summed E-state index contributed by atoms with van der Waals surface area (Å²) in [6.45, 7) is 0.776. The Labute approximate surface area is 111 Å². The zero-order valence-electron chi connectivity index (χ0n) is 10.0. The predicted molar refractivity (Wildman–Crippen MR) is 77.4 cm³/mol. The molecule has 3 aliphatic rings. The van der Waals surface area contributed by atoms with E-state index in [0.717, 1.165) is 17.7 Å². The number of nitrogens with zero attached hydrogens (tertiary/aromatic N) is 3. The molecule has 1 fully saturated rings. The standard InChI is InChI=1S/C12H15N5S/c13-12-16-10-9(11(18)17-12)7(6-15-10)5-14-8-3-1-2-4-8/h6,8,14H,1-5H2,(H2,13,17,18). The summed E-state index contributed by atoms with van der Waals surface area (Å²) in [7, 11) is 0. The molecule has 0 unspecified atom stereocenters. The Hall–Kier alpha value is -1.40.